The number of hydrazine groups is 1. The van der Waals surface area contributed by atoms with Crippen LogP contribution >= 0.6 is 15.9 Å². The van der Waals surface area contributed by atoms with E-state index in [-0.39, 0.29) is 29.4 Å². The number of hydrogen-bond acceptors (Lipinski definition) is 4. The molecule has 0 radical (unpaired) electrons. The number of carbonyl (C=O) groups is 2. The van der Waals surface area contributed by atoms with Crippen LogP contribution in [0.3, 0.4) is 0 Å². The number of benzene rings is 1. The molecule has 2 rings (SSSR count). The minimum absolute atomic E-state index is 0.000472. The molecule has 1 heterocycles. The van der Waals surface area contributed by atoms with Crippen LogP contribution in [0.4, 0.5) is 4.39 Å². The van der Waals surface area contributed by atoms with Gasteiger partial charge in [0.15, 0.2) is 9.84 Å². The number of hydrogen-bond donors (Lipinski definition) is 2. The summed E-state index contributed by atoms with van der Waals surface area (Å²) in [5, 5.41) is 0. The van der Waals surface area contributed by atoms with E-state index in [9.17, 15) is 22.4 Å². The third-order valence-electron chi connectivity index (χ3n) is 3.29. The maximum absolute atomic E-state index is 13.5. The van der Waals surface area contributed by atoms with E-state index in [0.717, 1.165) is 6.07 Å². The van der Waals surface area contributed by atoms with E-state index < -0.39 is 27.5 Å². The van der Waals surface area contributed by atoms with Gasteiger partial charge in [0.2, 0.25) is 5.91 Å². The summed E-state index contributed by atoms with van der Waals surface area (Å²) in [6.45, 7) is 0. The number of sulfone groups is 1. The first-order valence-electron chi connectivity index (χ1n) is 6.51. The fourth-order valence-electron chi connectivity index (χ4n) is 2.21. The van der Waals surface area contributed by atoms with Gasteiger partial charge in [0.05, 0.1) is 17.1 Å². The Kier molecular flexibility index (Phi) is 5.17. The van der Waals surface area contributed by atoms with Crippen molar-refractivity contribution in [1.82, 2.24) is 10.9 Å². The maximum atomic E-state index is 13.5. The van der Waals surface area contributed by atoms with Gasteiger partial charge in [-0.2, -0.15) is 0 Å². The predicted molar refractivity (Wildman–Crippen MR) is 81.1 cm³/mol. The highest BCUT2D eigenvalue weighted by molar-refractivity contribution is 9.10. The van der Waals surface area contributed by atoms with Crippen LogP contribution in [0.25, 0.3) is 0 Å². The summed E-state index contributed by atoms with van der Waals surface area (Å²) >= 11 is 3.12. The molecule has 120 valence electrons. The molecule has 0 aliphatic carbocycles. The van der Waals surface area contributed by atoms with Gasteiger partial charge in [0.25, 0.3) is 5.91 Å². The van der Waals surface area contributed by atoms with E-state index >= 15 is 0 Å². The SMILES string of the molecule is O=C(C[C@H]1CCS(=O)(=O)C1)NNC(=O)c1cc(Br)ccc1F. The highest BCUT2D eigenvalue weighted by Gasteiger charge is 2.29. The molecule has 1 fully saturated rings. The van der Waals surface area contributed by atoms with Crippen molar-refractivity contribution >= 4 is 37.6 Å². The maximum Gasteiger partial charge on any atom is 0.272 e. The average Bonchev–Trinajstić information content (AvgIpc) is 2.78. The summed E-state index contributed by atoms with van der Waals surface area (Å²) in [4.78, 5) is 23.5. The quantitative estimate of drug-likeness (QED) is 0.755. The molecule has 0 aromatic heterocycles. The topological polar surface area (TPSA) is 92.3 Å². The largest absolute Gasteiger partial charge is 0.273 e. The third kappa shape index (κ3) is 4.51. The summed E-state index contributed by atoms with van der Waals surface area (Å²) in [7, 11) is -3.05. The van der Waals surface area contributed by atoms with Crippen molar-refractivity contribution in [3.63, 3.8) is 0 Å². The summed E-state index contributed by atoms with van der Waals surface area (Å²) in [5.41, 5.74) is 4.07. The molecule has 0 saturated carbocycles. The second-order valence-electron chi connectivity index (χ2n) is 5.10. The zero-order valence-electron chi connectivity index (χ0n) is 11.4. The Morgan fingerprint density at radius 2 is 2.05 bits per heavy atom. The minimum atomic E-state index is -3.05. The van der Waals surface area contributed by atoms with Crippen molar-refractivity contribution in [1.29, 1.82) is 0 Å². The Bertz CT molecular complexity index is 708. The third-order valence-corrected chi connectivity index (χ3v) is 5.62. The van der Waals surface area contributed by atoms with Crippen molar-refractivity contribution in [3.05, 3.63) is 34.1 Å². The van der Waals surface area contributed by atoms with Gasteiger partial charge in [-0.3, -0.25) is 20.4 Å². The molecule has 1 atom stereocenters. The summed E-state index contributed by atoms with van der Waals surface area (Å²) in [6, 6.07) is 3.87. The van der Waals surface area contributed by atoms with Crippen molar-refractivity contribution in [2.45, 2.75) is 12.8 Å². The summed E-state index contributed by atoms with van der Waals surface area (Å²) in [6.07, 6.45) is 0.435. The highest BCUT2D eigenvalue weighted by atomic mass is 79.9. The molecule has 2 N–H and O–H groups in total. The van der Waals surface area contributed by atoms with E-state index in [2.05, 4.69) is 26.8 Å². The molecule has 0 bridgehead atoms. The van der Waals surface area contributed by atoms with E-state index in [0.29, 0.717) is 10.9 Å². The first kappa shape index (κ1) is 16.9. The molecule has 2 amide bonds. The molecule has 22 heavy (non-hydrogen) atoms. The minimum Gasteiger partial charge on any atom is -0.273 e. The standard InChI is InChI=1S/C13H14BrFN2O4S/c14-9-1-2-11(15)10(6-9)13(19)17-16-12(18)5-8-3-4-22(20,21)7-8/h1-2,6,8H,3-5,7H2,(H,16,18)(H,17,19)/t8-/m1/s1. The number of nitrogens with one attached hydrogen (secondary N) is 2. The van der Waals surface area contributed by atoms with E-state index in [1.54, 1.807) is 0 Å². The van der Waals surface area contributed by atoms with E-state index in [4.69, 9.17) is 0 Å². The Morgan fingerprint density at radius 1 is 1.32 bits per heavy atom. The Labute approximate surface area is 135 Å². The van der Waals surface area contributed by atoms with Crippen molar-refractivity contribution in [2.24, 2.45) is 5.92 Å². The monoisotopic (exact) mass is 392 g/mol. The van der Waals surface area contributed by atoms with Crippen LogP contribution in [0.15, 0.2) is 22.7 Å². The van der Waals surface area contributed by atoms with Crippen LogP contribution in [0.1, 0.15) is 23.2 Å². The van der Waals surface area contributed by atoms with Gasteiger partial charge in [-0.15, -0.1) is 0 Å². The summed E-state index contributed by atoms with van der Waals surface area (Å²) in [5.74, 6) is -2.19. The molecule has 1 aromatic carbocycles. The van der Waals surface area contributed by atoms with Gasteiger partial charge in [0.1, 0.15) is 5.82 Å². The first-order chi connectivity index (χ1) is 10.3. The van der Waals surface area contributed by atoms with E-state index in [1.807, 2.05) is 0 Å². The second kappa shape index (κ2) is 6.74. The molecule has 1 aromatic rings. The van der Waals surface area contributed by atoms with Gasteiger partial charge >= 0.3 is 0 Å². The molecule has 9 heteroatoms. The predicted octanol–water partition coefficient (Wildman–Crippen LogP) is 1.17. The lowest BCUT2D eigenvalue weighted by atomic mass is 10.1. The Morgan fingerprint density at radius 3 is 2.68 bits per heavy atom. The van der Waals surface area contributed by atoms with Crippen LogP contribution in [-0.4, -0.2) is 31.7 Å². The van der Waals surface area contributed by atoms with Crippen molar-refractivity contribution < 1.29 is 22.4 Å². The van der Waals surface area contributed by atoms with Crippen LogP contribution < -0.4 is 10.9 Å². The molecule has 1 saturated heterocycles. The smallest absolute Gasteiger partial charge is 0.272 e. The molecular weight excluding hydrogens is 379 g/mol. The van der Waals surface area contributed by atoms with Gasteiger partial charge < -0.3 is 0 Å². The molecule has 0 spiro atoms. The summed E-state index contributed by atoms with van der Waals surface area (Å²) < 4.78 is 36.6. The van der Waals surface area contributed by atoms with Gasteiger partial charge in [-0.05, 0) is 30.5 Å². The highest BCUT2D eigenvalue weighted by Crippen LogP contribution is 2.21. The van der Waals surface area contributed by atoms with Crippen LogP contribution in [0, 0.1) is 11.7 Å². The molecule has 1 aliphatic rings. The number of halogens is 2. The van der Waals surface area contributed by atoms with Gasteiger partial charge in [-0.1, -0.05) is 15.9 Å². The number of rotatable bonds is 3. The fourth-order valence-corrected chi connectivity index (χ4v) is 4.43. The molecule has 1 aliphatic heterocycles. The number of carbonyl (C=O) groups excluding carboxylic acids is 2. The number of amides is 2. The van der Waals surface area contributed by atoms with Crippen LogP contribution in [-0.2, 0) is 14.6 Å². The van der Waals surface area contributed by atoms with Gasteiger partial charge in [-0.25, -0.2) is 12.8 Å². The van der Waals surface area contributed by atoms with E-state index in [1.165, 1.54) is 12.1 Å². The lowest BCUT2D eigenvalue weighted by Crippen LogP contribution is -2.42. The van der Waals surface area contributed by atoms with Crippen LogP contribution in [0.5, 0.6) is 0 Å². The molecule has 6 nitrogen and oxygen atoms in total. The van der Waals surface area contributed by atoms with Gasteiger partial charge in [0, 0.05) is 10.9 Å². The zero-order valence-corrected chi connectivity index (χ0v) is 13.8. The Hall–Kier alpha value is -1.48. The normalized spacial score (nSPS) is 19.6. The lowest BCUT2D eigenvalue weighted by Gasteiger charge is -2.10. The lowest BCUT2D eigenvalue weighted by molar-refractivity contribution is -0.122. The molecule has 0 unspecified atom stereocenters. The van der Waals surface area contributed by atoms with Crippen LogP contribution in [0.2, 0.25) is 0 Å². The average molecular weight is 393 g/mol. The first-order valence-corrected chi connectivity index (χ1v) is 9.13. The second-order valence-corrected chi connectivity index (χ2v) is 8.24. The zero-order chi connectivity index (χ0) is 16.3. The molecular formula is C13H14BrFN2O4S. The fraction of sp³-hybridized carbons (Fsp3) is 0.385. The van der Waals surface area contributed by atoms with Crippen molar-refractivity contribution in [2.75, 3.05) is 11.5 Å². The Balaban J connectivity index is 1.86. The van der Waals surface area contributed by atoms with Crippen molar-refractivity contribution in [3.8, 4) is 0 Å².